The summed E-state index contributed by atoms with van der Waals surface area (Å²) < 4.78 is 5.59. The van der Waals surface area contributed by atoms with Gasteiger partial charge in [-0.1, -0.05) is 0 Å². The van der Waals surface area contributed by atoms with E-state index >= 15 is 0 Å². The van der Waals surface area contributed by atoms with Crippen molar-refractivity contribution in [2.75, 3.05) is 46.4 Å². The predicted molar refractivity (Wildman–Crippen MR) is 56.8 cm³/mol. The zero-order valence-corrected chi connectivity index (χ0v) is 9.24. The van der Waals surface area contributed by atoms with Gasteiger partial charge in [-0.05, 0) is 6.42 Å². The maximum atomic E-state index is 11.5. The second kappa shape index (κ2) is 4.81. The minimum atomic E-state index is 0.153. The number of nitrogens with zero attached hydrogens (tertiary/aromatic N) is 2. The van der Waals surface area contributed by atoms with Gasteiger partial charge in [-0.25, -0.2) is 4.79 Å². The highest BCUT2D eigenvalue weighted by Crippen LogP contribution is 2.07. The number of ether oxygens (including phenoxy) is 1. The molecule has 15 heavy (non-hydrogen) atoms. The Morgan fingerprint density at radius 2 is 2.27 bits per heavy atom. The van der Waals surface area contributed by atoms with Gasteiger partial charge in [0.05, 0.1) is 6.10 Å². The molecule has 5 nitrogen and oxygen atoms in total. The first-order valence-corrected chi connectivity index (χ1v) is 5.60. The van der Waals surface area contributed by atoms with Crippen LogP contribution < -0.4 is 5.32 Å². The van der Waals surface area contributed by atoms with Crippen LogP contribution in [0.5, 0.6) is 0 Å². The lowest BCUT2D eigenvalue weighted by atomic mass is 10.2. The van der Waals surface area contributed by atoms with Crippen molar-refractivity contribution in [2.24, 2.45) is 0 Å². The first-order valence-electron chi connectivity index (χ1n) is 5.60. The molecule has 2 aliphatic heterocycles. The Bertz CT molecular complexity index is 231. The summed E-state index contributed by atoms with van der Waals surface area (Å²) in [5.74, 6) is 0. The van der Waals surface area contributed by atoms with E-state index in [0.717, 1.165) is 45.8 Å². The molecular weight excluding hydrogens is 194 g/mol. The van der Waals surface area contributed by atoms with Gasteiger partial charge in [0.15, 0.2) is 0 Å². The lowest BCUT2D eigenvalue weighted by Crippen LogP contribution is -2.48. The molecular formula is C10H19N3O2. The molecule has 2 aliphatic rings. The Morgan fingerprint density at radius 1 is 1.47 bits per heavy atom. The molecule has 0 spiro atoms. The zero-order valence-electron chi connectivity index (χ0n) is 9.24. The fourth-order valence-corrected chi connectivity index (χ4v) is 1.80. The third kappa shape index (κ3) is 2.60. The minimum absolute atomic E-state index is 0.153. The largest absolute Gasteiger partial charge is 0.376 e. The van der Waals surface area contributed by atoms with Crippen LogP contribution in [0.1, 0.15) is 6.42 Å². The molecule has 0 aromatic rings. The third-order valence-electron chi connectivity index (χ3n) is 2.97. The number of rotatable bonds is 5. The number of urea groups is 1. The van der Waals surface area contributed by atoms with Crippen LogP contribution in [0.2, 0.25) is 0 Å². The summed E-state index contributed by atoms with van der Waals surface area (Å²) in [6.07, 6.45) is 1.35. The number of carbonyl (C=O) groups excluding carboxylic acids is 1. The van der Waals surface area contributed by atoms with Crippen molar-refractivity contribution in [1.29, 1.82) is 0 Å². The van der Waals surface area contributed by atoms with Gasteiger partial charge in [-0.3, -0.25) is 0 Å². The van der Waals surface area contributed by atoms with E-state index < -0.39 is 0 Å². The summed E-state index contributed by atoms with van der Waals surface area (Å²) in [6, 6.07) is 0.153. The molecule has 0 atom stereocenters. The van der Waals surface area contributed by atoms with E-state index in [1.807, 2.05) is 11.9 Å². The zero-order chi connectivity index (χ0) is 10.7. The molecule has 2 heterocycles. The van der Waals surface area contributed by atoms with Crippen molar-refractivity contribution in [3.8, 4) is 0 Å². The molecule has 0 radical (unpaired) electrons. The van der Waals surface area contributed by atoms with Crippen LogP contribution in [0, 0.1) is 0 Å². The number of likely N-dealkylation sites (N-methyl/N-ethyl adjacent to an activating group) is 1. The fraction of sp³-hybridized carbons (Fsp3) is 0.900. The molecule has 0 aliphatic carbocycles. The predicted octanol–water partition coefficient (Wildman–Crippen LogP) is -0.268. The molecule has 0 unspecified atom stereocenters. The van der Waals surface area contributed by atoms with Crippen molar-refractivity contribution < 1.29 is 9.53 Å². The highest BCUT2D eigenvalue weighted by Gasteiger charge is 2.24. The molecule has 0 bridgehead atoms. The van der Waals surface area contributed by atoms with E-state index in [0.29, 0.717) is 6.10 Å². The second-order valence-corrected chi connectivity index (χ2v) is 4.20. The molecule has 5 heteroatoms. The van der Waals surface area contributed by atoms with Crippen LogP contribution in [0.4, 0.5) is 4.79 Å². The Kier molecular flexibility index (Phi) is 3.43. The standard InChI is InChI=1S/C10H19N3O2/c1-12-4-5-13(10(12)14)3-2-6-15-9-7-11-8-9/h9,11H,2-8H2,1H3. The smallest absolute Gasteiger partial charge is 0.319 e. The summed E-state index contributed by atoms with van der Waals surface area (Å²) in [7, 11) is 1.85. The van der Waals surface area contributed by atoms with Gasteiger partial charge < -0.3 is 19.9 Å². The highest BCUT2D eigenvalue weighted by atomic mass is 16.5. The van der Waals surface area contributed by atoms with Gasteiger partial charge >= 0.3 is 6.03 Å². The quantitative estimate of drug-likeness (QED) is 0.640. The number of nitrogens with one attached hydrogen (secondary N) is 1. The Hall–Kier alpha value is -0.810. The second-order valence-electron chi connectivity index (χ2n) is 4.20. The van der Waals surface area contributed by atoms with E-state index in [2.05, 4.69) is 5.32 Å². The van der Waals surface area contributed by atoms with Crippen molar-refractivity contribution in [3.05, 3.63) is 0 Å². The molecule has 0 aromatic carbocycles. The molecule has 2 fully saturated rings. The van der Waals surface area contributed by atoms with Gasteiger partial charge in [0, 0.05) is 46.4 Å². The summed E-state index contributed by atoms with van der Waals surface area (Å²) in [6.45, 7) is 5.26. The summed E-state index contributed by atoms with van der Waals surface area (Å²) in [4.78, 5) is 15.2. The van der Waals surface area contributed by atoms with Crippen LogP contribution in [0.3, 0.4) is 0 Å². The minimum Gasteiger partial charge on any atom is -0.376 e. The van der Waals surface area contributed by atoms with Crippen LogP contribution in [-0.2, 0) is 4.74 Å². The van der Waals surface area contributed by atoms with E-state index in [-0.39, 0.29) is 6.03 Å². The molecule has 2 saturated heterocycles. The Labute approximate surface area is 90.4 Å². The summed E-state index contributed by atoms with van der Waals surface area (Å²) >= 11 is 0. The average Bonchev–Trinajstić information content (AvgIpc) is 2.46. The van der Waals surface area contributed by atoms with Gasteiger partial charge in [0.25, 0.3) is 0 Å². The maximum Gasteiger partial charge on any atom is 0.319 e. The molecule has 2 amide bonds. The third-order valence-corrected chi connectivity index (χ3v) is 2.97. The lowest BCUT2D eigenvalue weighted by molar-refractivity contribution is 0.0159. The molecule has 86 valence electrons. The maximum absolute atomic E-state index is 11.5. The lowest BCUT2D eigenvalue weighted by Gasteiger charge is -2.27. The van der Waals surface area contributed by atoms with Crippen LogP contribution in [-0.4, -0.2) is 68.3 Å². The normalized spacial score (nSPS) is 22.3. The highest BCUT2D eigenvalue weighted by molar-refractivity contribution is 5.76. The van der Waals surface area contributed by atoms with E-state index in [9.17, 15) is 4.79 Å². The van der Waals surface area contributed by atoms with Crippen molar-refractivity contribution in [2.45, 2.75) is 12.5 Å². The van der Waals surface area contributed by atoms with Crippen molar-refractivity contribution in [3.63, 3.8) is 0 Å². The SMILES string of the molecule is CN1CCN(CCCOC2CNC2)C1=O. The fourth-order valence-electron chi connectivity index (χ4n) is 1.80. The Balaban J connectivity index is 1.55. The first-order chi connectivity index (χ1) is 7.27. The van der Waals surface area contributed by atoms with Crippen molar-refractivity contribution in [1.82, 2.24) is 15.1 Å². The van der Waals surface area contributed by atoms with E-state index in [4.69, 9.17) is 4.74 Å². The van der Waals surface area contributed by atoms with E-state index in [1.165, 1.54) is 0 Å². The number of carbonyl (C=O) groups is 1. The monoisotopic (exact) mass is 213 g/mol. The van der Waals surface area contributed by atoms with Crippen LogP contribution in [0.15, 0.2) is 0 Å². The molecule has 0 aromatic heterocycles. The average molecular weight is 213 g/mol. The van der Waals surface area contributed by atoms with Gasteiger partial charge in [0.2, 0.25) is 0 Å². The van der Waals surface area contributed by atoms with Gasteiger partial charge in [-0.2, -0.15) is 0 Å². The van der Waals surface area contributed by atoms with Gasteiger partial charge in [0.1, 0.15) is 0 Å². The molecule has 1 N–H and O–H groups in total. The number of hydrogen-bond acceptors (Lipinski definition) is 3. The van der Waals surface area contributed by atoms with Crippen LogP contribution in [0.25, 0.3) is 0 Å². The van der Waals surface area contributed by atoms with Gasteiger partial charge in [-0.15, -0.1) is 0 Å². The topological polar surface area (TPSA) is 44.8 Å². The molecule has 2 rings (SSSR count). The van der Waals surface area contributed by atoms with Crippen LogP contribution >= 0.6 is 0 Å². The summed E-state index contributed by atoms with van der Waals surface area (Å²) in [5.41, 5.74) is 0. The van der Waals surface area contributed by atoms with E-state index in [1.54, 1.807) is 4.90 Å². The first kappa shape index (κ1) is 10.7. The Morgan fingerprint density at radius 3 is 2.80 bits per heavy atom. The number of hydrogen-bond donors (Lipinski definition) is 1. The van der Waals surface area contributed by atoms with Crippen molar-refractivity contribution >= 4 is 6.03 Å². The number of amides is 2. The summed E-state index contributed by atoms with van der Waals surface area (Å²) in [5, 5.41) is 3.16. The molecule has 0 saturated carbocycles.